The van der Waals surface area contributed by atoms with E-state index in [1.54, 1.807) is 24.1 Å². The van der Waals surface area contributed by atoms with Gasteiger partial charge in [-0.25, -0.2) is 4.39 Å². The number of carbonyl (C=O) groups is 1. The monoisotopic (exact) mass is 286 g/mol. The Balaban J connectivity index is 2.22. The maximum atomic E-state index is 13.7. The zero-order valence-corrected chi connectivity index (χ0v) is 10.4. The maximum absolute atomic E-state index is 13.7. The highest BCUT2D eigenvalue weighted by atomic mass is 79.9. The number of rotatable bonds is 2. The highest BCUT2D eigenvalue weighted by Crippen LogP contribution is 2.20. The Kier molecular flexibility index (Phi) is 3.25. The van der Waals surface area contributed by atoms with E-state index >= 15 is 0 Å². The molecule has 1 fully saturated rings. The molecule has 1 heterocycles. The molecule has 5 heteroatoms. The fraction of sp³-hybridized carbons (Fsp3) is 0.364. The van der Waals surface area contributed by atoms with Gasteiger partial charge in [0.1, 0.15) is 5.82 Å². The van der Waals surface area contributed by atoms with Crippen LogP contribution in [0.15, 0.2) is 22.7 Å². The molecule has 0 unspecified atom stereocenters. The molecule has 0 aromatic heterocycles. The summed E-state index contributed by atoms with van der Waals surface area (Å²) in [6.45, 7) is 1.55. The molecule has 1 aromatic carbocycles. The van der Waals surface area contributed by atoms with Crippen molar-refractivity contribution in [2.24, 2.45) is 0 Å². The highest BCUT2D eigenvalue weighted by molar-refractivity contribution is 9.10. The van der Waals surface area contributed by atoms with Gasteiger partial charge in [0.15, 0.2) is 0 Å². The van der Waals surface area contributed by atoms with Crippen LogP contribution in [0.25, 0.3) is 0 Å². The third-order valence-corrected chi connectivity index (χ3v) is 3.42. The topological polar surface area (TPSA) is 32.3 Å². The summed E-state index contributed by atoms with van der Waals surface area (Å²) < 4.78 is 14.0. The van der Waals surface area contributed by atoms with Crippen LogP contribution in [0, 0.1) is 5.82 Å². The van der Waals surface area contributed by atoms with Crippen LogP contribution in [-0.4, -0.2) is 37.0 Å². The van der Waals surface area contributed by atoms with Crippen molar-refractivity contribution in [3.05, 3.63) is 34.1 Å². The van der Waals surface area contributed by atoms with Crippen LogP contribution in [0.2, 0.25) is 0 Å². The number of hydrogen-bond acceptors (Lipinski definition) is 2. The number of likely N-dealkylation sites (N-methyl/N-ethyl adjacent to an activating group) is 1. The molecule has 1 aliphatic heterocycles. The largest absolute Gasteiger partial charge is 0.336 e. The van der Waals surface area contributed by atoms with Gasteiger partial charge in [0.25, 0.3) is 5.91 Å². The van der Waals surface area contributed by atoms with E-state index in [1.165, 1.54) is 6.07 Å². The number of nitrogens with zero attached hydrogens (tertiary/aromatic N) is 1. The molecule has 0 spiro atoms. The van der Waals surface area contributed by atoms with Gasteiger partial charge in [0.2, 0.25) is 0 Å². The summed E-state index contributed by atoms with van der Waals surface area (Å²) in [7, 11) is 1.70. The molecular weight excluding hydrogens is 275 g/mol. The molecule has 0 bridgehead atoms. The Morgan fingerprint density at radius 3 is 2.81 bits per heavy atom. The molecular formula is C11H12BrFN2O. The number of carbonyl (C=O) groups excluding carboxylic acids is 1. The third kappa shape index (κ3) is 1.97. The average molecular weight is 287 g/mol. The Morgan fingerprint density at radius 2 is 2.25 bits per heavy atom. The van der Waals surface area contributed by atoms with Gasteiger partial charge in [-0.2, -0.15) is 0 Å². The molecule has 1 aliphatic rings. The fourth-order valence-electron chi connectivity index (χ4n) is 1.57. The Bertz CT molecular complexity index is 420. The Morgan fingerprint density at radius 1 is 1.56 bits per heavy atom. The smallest absolute Gasteiger partial charge is 0.256 e. The predicted octanol–water partition coefficient (Wildman–Crippen LogP) is 1.63. The van der Waals surface area contributed by atoms with Crippen molar-refractivity contribution >= 4 is 21.8 Å². The highest BCUT2D eigenvalue weighted by Gasteiger charge is 2.27. The molecule has 0 aliphatic carbocycles. The van der Waals surface area contributed by atoms with E-state index in [2.05, 4.69) is 21.2 Å². The number of amides is 1. The van der Waals surface area contributed by atoms with Crippen LogP contribution >= 0.6 is 15.9 Å². The Labute approximate surface area is 102 Å². The third-order valence-electron chi connectivity index (χ3n) is 2.81. The minimum absolute atomic E-state index is 0.115. The van der Waals surface area contributed by atoms with Crippen molar-refractivity contribution in [1.82, 2.24) is 10.2 Å². The van der Waals surface area contributed by atoms with Gasteiger partial charge in [-0.3, -0.25) is 4.79 Å². The van der Waals surface area contributed by atoms with Gasteiger partial charge < -0.3 is 10.2 Å². The lowest BCUT2D eigenvalue weighted by Gasteiger charge is -2.35. The standard InChI is InChI=1S/C11H12BrFN2O/c1-15(7-5-14-6-7)11(16)8-3-2-4-9(12)10(8)13/h2-4,7,14H,5-6H2,1H3. The van der Waals surface area contributed by atoms with Gasteiger partial charge in [0, 0.05) is 20.1 Å². The normalized spacial score (nSPS) is 15.7. The molecule has 1 saturated heterocycles. The van der Waals surface area contributed by atoms with Crippen LogP contribution < -0.4 is 5.32 Å². The lowest BCUT2D eigenvalue weighted by atomic mass is 10.1. The molecule has 1 N–H and O–H groups in total. The summed E-state index contributed by atoms with van der Waals surface area (Å²) in [4.78, 5) is 13.6. The van der Waals surface area contributed by atoms with Gasteiger partial charge >= 0.3 is 0 Å². The first kappa shape index (κ1) is 11.5. The molecule has 2 rings (SSSR count). The van der Waals surface area contributed by atoms with E-state index in [9.17, 15) is 9.18 Å². The van der Waals surface area contributed by atoms with E-state index in [0.29, 0.717) is 4.47 Å². The van der Waals surface area contributed by atoms with Crippen LogP contribution in [0.5, 0.6) is 0 Å². The average Bonchev–Trinajstić information content (AvgIpc) is 2.18. The van der Waals surface area contributed by atoms with E-state index < -0.39 is 5.82 Å². The van der Waals surface area contributed by atoms with E-state index in [0.717, 1.165) is 13.1 Å². The van der Waals surface area contributed by atoms with Gasteiger partial charge in [-0.15, -0.1) is 0 Å². The molecule has 3 nitrogen and oxygen atoms in total. The van der Waals surface area contributed by atoms with E-state index in [-0.39, 0.29) is 17.5 Å². The van der Waals surface area contributed by atoms with Crippen molar-refractivity contribution < 1.29 is 9.18 Å². The van der Waals surface area contributed by atoms with Crippen LogP contribution in [-0.2, 0) is 0 Å². The Hall–Kier alpha value is -0.940. The summed E-state index contributed by atoms with van der Waals surface area (Å²) in [5.41, 5.74) is 0.115. The second-order valence-electron chi connectivity index (χ2n) is 3.83. The maximum Gasteiger partial charge on any atom is 0.256 e. The summed E-state index contributed by atoms with van der Waals surface area (Å²) in [5.74, 6) is -0.767. The summed E-state index contributed by atoms with van der Waals surface area (Å²) in [6.07, 6.45) is 0. The van der Waals surface area contributed by atoms with E-state index in [4.69, 9.17) is 0 Å². The second-order valence-corrected chi connectivity index (χ2v) is 4.68. The van der Waals surface area contributed by atoms with Crippen LogP contribution in [0.1, 0.15) is 10.4 Å². The molecule has 86 valence electrons. The van der Waals surface area contributed by atoms with E-state index in [1.807, 2.05) is 0 Å². The first-order valence-corrected chi connectivity index (χ1v) is 5.82. The van der Waals surface area contributed by atoms with Crippen LogP contribution in [0.4, 0.5) is 4.39 Å². The summed E-state index contributed by atoms with van der Waals surface area (Å²) in [5, 5.41) is 3.08. The van der Waals surface area contributed by atoms with Crippen molar-refractivity contribution in [3.63, 3.8) is 0 Å². The zero-order valence-electron chi connectivity index (χ0n) is 8.84. The minimum atomic E-state index is -0.494. The first-order chi connectivity index (χ1) is 7.61. The molecule has 1 amide bonds. The quantitative estimate of drug-likeness (QED) is 0.896. The fourth-order valence-corrected chi connectivity index (χ4v) is 1.94. The predicted molar refractivity (Wildman–Crippen MR) is 62.9 cm³/mol. The SMILES string of the molecule is CN(C(=O)c1cccc(Br)c1F)C1CNC1. The summed E-state index contributed by atoms with van der Waals surface area (Å²) in [6, 6.07) is 4.92. The number of nitrogens with one attached hydrogen (secondary N) is 1. The number of benzene rings is 1. The number of halogens is 2. The van der Waals surface area contributed by atoms with Gasteiger partial charge in [-0.1, -0.05) is 6.07 Å². The first-order valence-electron chi connectivity index (χ1n) is 5.03. The molecule has 0 radical (unpaired) electrons. The molecule has 16 heavy (non-hydrogen) atoms. The zero-order chi connectivity index (χ0) is 11.7. The van der Waals surface area contributed by atoms with Crippen LogP contribution in [0.3, 0.4) is 0 Å². The molecule has 0 saturated carbocycles. The van der Waals surface area contributed by atoms with Crippen molar-refractivity contribution in [2.75, 3.05) is 20.1 Å². The molecule has 1 aromatic rings. The minimum Gasteiger partial charge on any atom is -0.336 e. The lowest BCUT2D eigenvalue weighted by molar-refractivity contribution is 0.0676. The molecule has 0 atom stereocenters. The van der Waals surface area contributed by atoms with Crippen molar-refractivity contribution in [1.29, 1.82) is 0 Å². The van der Waals surface area contributed by atoms with Crippen molar-refractivity contribution in [2.45, 2.75) is 6.04 Å². The lowest BCUT2D eigenvalue weighted by Crippen LogP contribution is -2.57. The van der Waals surface area contributed by atoms with Crippen molar-refractivity contribution in [3.8, 4) is 0 Å². The summed E-state index contributed by atoms with van der Waals surface area (Å²) >= 11 is 3.07. The van der Waals surface area contributed by atoms with Gasteiger partial charge in [-0.05, 0) is 28.1 Å². The number of hydrogen-bond donors (Lipinski definition) is 1. The van der Waals surface area contributed by atoms with Gasteiger partial charge in [0.05, 0.1) is 16.1 Å². The second kappa shape index (κ2) is 4.51.